The van der Waals surface area contributed by atoms with Gasteiger partial charge in [-0.1, -0.05) is 42.0 Å². The average Bonchev–Trinajstić information content (AvgIpc) is 2.86. The Morgan fingerprint density at radius 2 is 1.86 bits per heavy atom. The monoisotopic (exact) mass is 476 g/mol. The number of para-hydroxylation sites is 2. The van der Waals surface area contributed by atoms with E-state index in [1.165, 1.54) is 16.6 Å². The van der Waals surface area contributed by atoms with Crippen molar-refractivity contribution in [1.82, 2.24) is 14.5 Å². The molecular formula is C26H28N4O5. The van der Waals surface area contributed by atoms with Crippen molar-refractivity contribution in [1.29, 1.82) is 0 Å². The number of carbonyl (C=O) groups is 2. The number of aromatic nitrogens is 2. The van der Waals surface area contributed by atoms with Gasteiger partial charge < -0.3 is 19.7 Å². The van der Waals surface area contributed by atoms with E-state index in [1.54, 1.807) is 25.1 Å². The largest absolute Gasteiger partial charge is 0.495 e. The van der Waals surface area contributed by atoms with E-state index < -0.39 is 6.09 Å². The van der Waals surface area contributed by atoms with Crippen LogP contribution in [0.25, 0.3) is 11.4 Å². The van der Waals surface area contributed by atoms with Crippen LogP contribution in [0.4, 0.5) is 10.5 Å². The van der Waals surface area contributed by atoms with Crippen molar-refractivity contribution in [3.05, 3.63) is 75.7 Å². The maximum Gasteiger partial charge on any atom is 0.410 e. The molecule has 0 aliphatic carbocycles. The van der Waals surface area contributed by atoms with E-state index in [0.29, 0.717) is 47.0 Å². The minimum absolute atomic E-state index is 0.177. The molecule has 35 heavy (non-hydrogen) atoms. The third-order valence-corrected chi connectivity index (χ3v) is 5.84. The Morgan fingerprint density at radius 3 is 2.57 bits per heavy atom. The molecule has 9 nitrogen and oxygen atoms in total. The van der Waals surface area contributed by atoms with Crippen molar-refractivity contribution in [3.8, 4) is 17.1 Å². The minimum Gasteiger partial charge on any atom is -0.495 e. The number of rotatable bonds is 6. The summed E-state index contributed by atoms with van der Waals surface area (Å²) in [5.41, 5.74) is 3.01. The number of fused-ring (bicyclic) bond motifs is 1. The first-order valence-corrected chi connectivity index (χ1v) is 11.5. The number of methoxy groups -OCH3 is 1. The standard InChI is InChI=1S/C26H28N4O5/c1-4-35-26(33)29-14-13-19-21(15-29)28-24(18-11-9-17(2)10-12-18)30(25(19)32)16-23(31)27-20-7-5-6-8-22(20)34-3/h5-12H,4,13-16H2,1-3H3,(H,27,31). The summed E-state index contributed by atoms with van der Waals surface area (Å²) in [7, 11) is 1.53. The van der Waals surface area contributed by atoms with Crippen LogP contribution in [0.3, 0.4) is 0 Å². The van der Waals surface area contributed by atoms with E-state index in [0.717, 1.165) is 5.56 Å². The lowest BCUT2D eigenvalue weighted by molar-refractivity contribution is -0.116. The molecular weight excluding hydrogens is 448 g/mol. The maximum absolute atomic E-state index is 13.6. The van der Waals surface area contributed by atoms with Crippen molar-refractivity contribution in [2.45, 2.75) is 33.4 Å². The third-order valence-electron chi connectivity index (χ3n) is 5.84. The third kappa shape index (κ3) is 5.18. The van der Waals surface area contributed by atoms with Gasteiger partial charge in [-0.05, 0) is 32.4 Å². The molecule has 0 saturated heterocycles. The van der Waals surface area contributed by atoms with Crippen molar-refractivity contribution < 1.29 is 19.1 Å². The van der Waals surface area contributed by atoms with E-state index >= 15 is 0 Å². The fraction of sp³-hybridized carbons (Fsp3) is 0.308. The predicted octanol–water partition coefficient (Wildman–Crippen LogP) is 3.38. The number of hydrogen-bond acceptors (Lipinski definition) is 6. The van der Waals surface area contributed by atoms with Crippen LogP contribution in [-0.4, -0.2) is 46.7 Å². The zero-order chi connectivity index (χ0) is 24.9. The van der Waals surface area contributed by atoms with E-state index in [9.17, 15) is 14.4 Å². The van der Waals surface area contributed by atoms with Crippen LogP contribution in [0.2, 0.25) is 0 Å². The highest BCUT2D eigenvalue weighted by atomic mass is 16.6. The number of nitrogens with one attached hydrogen (secondary N) is 1. The number of benzene rings is 2. The molecule has 0 unspecified atom stereocenters. The zero-order valence-corrected chi connectivity index (χ0v) is 20.0. The highest BCUT2D eigenvalue weighted by molar-refractivity contribution is 5.92. The summed E-state index contributed by atoms with van der Waals surface area (Å²) in [6.45, 7) is 4.29. The van der Waals surface area contributed by atoms with Gasteiger partial charge in [0.25, 0.3) is 5.56 Å². The molecule has 0 radical (unpaired) electrons. The Kier molecular flexibility index (Phi) is 7.14. The van der Waals surface area contributed by atoms with Crippen LogP contribution in [0, 0.1) is 6.92 Å². The highest BCUT2D eigenvalue weighted by Crippen LogP contribution is 2.24. The number of hydrogen-bond donors (Lipinski definition) is 1. The first-order chi connectivity index (χ1) is 16.9. The van der Waals surface area contributed by atoms with Gasteiger partial charge in [0.05, 0.1) is 31.6 Å². The molecule has 182 valence electrons. The lowest BCUT2D eigenvalue weighted by atomic mass is 10.1. The Balaban J connectivity index is 1.72. The van der Waals surface area contributed by atoms with E-state index in [-0.39, 0.29) is 31.2 Å². The van der Waals surface area contributed by atoms with Gasteiger partial charge in [0.15, 0.2) is 0 Å². The van der Waals surface area contributed by atoms with Crippen LogP contribution in [-0.2, 0) is 29.0 Å². The molecule has 2 aromatic carbocycles. The molecule has 1 aliphatic rings. The lowest BCUT2D eigenvalue weighted by Crippen LogP contribution is -2.42. The first-order valence-electron chi connectivity index (χ1n) is 11.5. The normalized spacial score (nSPS) is 12.6. The molecule has 2 heterocycles. The van der Waals surface area contributed by atoms with E-state index in [1.807, 2.05) is 37.3 Å². The second kappa shape index (κ2) is 10.4. The average molecular weight is 477 g/mol. The van der Waals surface area contributed by atoms with Crippen LogP contribution < -0.4 is 15.6 Å². The van der Waals surface area contributed by atoms with Gasteiger partial charge in [0.2, 0.25) is 5.91 Å². The summed E-state index contributed by atoms with van der Waals surface area (Å²) < 4.78 is 11.8. The van der Waals surface area contributed by atoms with Gasteiger partial charge in [-0.25, -0.2) is 9.78 Å². The fourth-order valence-electron chi connectivity index (χ4n) is 4.05. The predicted molar refractivity (Wildman–Crippen MR) is 131 cm³/mol. The molecule has 0 atom stereocenters. The Morgan fingerprint density at radius 1 is 1.11 bits per heavy atom. The molecule has 0 bridgehead atoms. The highest BCUT2D eigenvalue weighted by Gasteiger charge is 2.27. The van der Waals surface area contributed by atoms with Gasteiger partial charge in [-0.3, -0.25) is 14.2 Å². The zero-order valence-electron chi connectivity index (χ0n) is 20.0. The van der Waals surface area contributed by atoms with Crippen molar-refractivity contribution in [2.24, 2.45) is 0 Å². The van der Waals surface area contributed by atoms with E-state index in [2.05, 4.69) is 5.32 Å². The van der Waals surface area contributed by atoms with Gasteiger partial charge in [-0.2, -0.15) is 0 Å². The quantitative estimate of drug-likeness (QED) is 0.585. The Labute approximate surface area is 203 Å². The summed E-state index contributed by atoms with van der Waals surface area (Å²) in [5.74, 6) is 0.514. The van der Waals surface area contributed by atoms with Crippen LogP contribution in [0.1, 0.15) is 23.7 Å². The second-order valence-electron chi connectivity index (χ2n) is 8.24. The first kappa shape index (κ1) is 24.0. The number of carbonyl (C=O) groups excluding carboxylic acids is 2. The topological polar surface area (TPSA) is 103 Å². The summed E-state index contributed by atoms with van der Waals surface area (Å²) >= 11 is 0. The Hall–Kier alpha value is -4.14. The summed E-state index contributed by atoms with van der Waals surface area (Å²) in [5, 5.41) is 2.82. The smallest absolute Gasteiger partial charge is 0.410 e. The molecule has 9 heteroatoms. The molecule has 0 fully saturated rings. The number of amides is 2. The van der Waals surface area contributed by atoms with Gasteiger partial charge in [-0.15, -0.1) is 0 Å². The number of ether oxygens (including phenoxy) is 2. The number of anilines is 1. The molecule has 1 aliphatic heterocycles. The number of aryl methyl sites for hydroxylation is 1. The maximum atomic E-state index is 13.6. The van der Waals surface area contributed by atoms with Gasteiger partial charge in [0.1, 0.15) is 18.1 Å². The molecule has 4 rings (SSSR count). The molecule has 2 amide bonds. The van der Waals surface area contributed by atoms with Gasteiger partial charge >= 0.3 is 6.09 Å². The SMILES string of the molecule is CCOC(=O)N1CCc2c(nc(-c3ccc(C)cc3)n(CC(=O)Nc3ccccc3OC)c2=O)C1. The summed E-state index contributed by atoms with van der Waals surface area (Å²) in [4.78, 5) is 45.1. The minimum atomic E-state index is -0.433. The Bertz CT molecular complexity index is 1300. The van der Waals surface area contributed by atoms with E-state index in [4.69, 9.17) is 14.5 Å². The summed E-state index contributed by atoms with van der Waals surface area (Å²) in [6.07, 6.45) is -0.0975. The van der Waals surface area contributed by atoms with Crippen LogP contribution in [0.5, 0.6) is 5.75 Å². The van der Waals surface area contributed by atoms with Crippen molar-refractivity contribution >= 4 is 17.7 Å². The molecule has 1 N–H and O–H groups in total. The second-order valence-corrected chi connectivity index (χ2v) is 8.24. The lowest BCUT2D eigenvalue weighted by Gasteiger charge is -2.28. The van der Waals surface area contributed by atoms with Crippen LogP contribution in [0.15, 0.2) is 53.3 Å². The van der Waals surface area contributed by atoms with Crippen molar-refractivity contribution in [3.63, 3.8) is 0 Å². The van der Waals surface area contributed by atoms with Gasteiger partial charge in [0, 0.05) is 17.7 Å². The summed E-state index contributed by atoms with van der Waals surface area (Å²) in [6, 6.07) is 14.6. The molecule has 1 aromatic heterocycles. The fourth-order valence-corrected chi connectivity index (χ4v) is 4.05. The molecule has 0 spiro atoms. The molecule has 0 saturated carbocycles. The van der Waals surface area contributed by atoms with Crippen molar-refractivity contribution in [2.75, 3.05) is 25.6 Å². The number of nitrogens with zero attached hydrogens (tertiary/aromatic N) is 3. The van der Waals surface area contributed by atoms with Crippen LogP contribution >= 0.6 is 0 Å². The molecule has 3 aromatic rings.